The predicted octanol–water partition coefficient (Wildman–Crippen LogP) is 1.91. The van der Waals surface area contributed by atoms with E-state index in [-0.39, 0.29) is 5.56 Å². The fourth-order valence-corrected chi connectivity index (χ4v) is 2.97. The molecular formula is C10H8F4O3S. The molecule has 0 amide bonds. The molecule has 0 aromatic heterocycles. The van der Waals surface area contributed by atoms with Gasteiger partial charge in [0.2, 0.25) is 9.84 Å². The normalized spacial score (nSPS) is 22.2. The first-order chi connectivity index (χ1) is 8.18. The zero-order chi connectivity index (χ0) is 13.7. The molecule has 1 aromatic carbocycles. The minimum Gasteiger partial charge on any atom is -0.382 e. The molecule has 0 bridgehead atoms. The van der Waals surface area contributed by atoms with Gasteiger partial charge in [0.25, 0.3) is 5.92 Å². The zero-order valence-electron chi connectivity index (χ0n) is 8.78. The summed E-state index contributed by atoms with van der Waals surface area (Å²) < 4.78 is 74.1. The van der Waals surface area contributed by atoms with Crippen molar-refractivity contribution < 1.29 is 31.1 Å². The summed E-state index contributed by atoms with van der Waals surface area (Å²) in [5.41, 5.74) is -0.753. The van der Waals surface area contributed by atoms with Crippen LogP contribution < -0.4 is 0 Å². The molecule has 100 valence electrons. The Balaban J connectivity index is 2.67. The van der Waals surface area contributed by atoms with Crippen LogP contribution >= 0.6 is 0 Å². The molecule has 1 aromatic rings. The van der Waals surface area contributed by atoms with Crippen molar-refractivity contribution in [2.45, 2.75) is 29.1 Å². The number of aliphatic hydroxyl groups excluding tert-OH is 1. The summed E-state index contributed by atoms with van der Waals surface area (Å²) in [6, 6.07) is 3.08. The molecule has 0 spiro atoms. The first-order valence-electron chi connectivity index (χ1n) is 4.87. The van der Waals surface area contributed by atoms with E-state index in [0.29, 0.717) is 0 Å². The van der Waals surface area contributed by atoms with Gasteiger partial charge >= 0.3 is 5.76 Å². The molecule has 3 nitrogen and oxygen atoms in total. The van der Waals surface area contributed by atoms with E-state index < -0.39 is 44.5 Å². The van der Waals surface area contributed by atoms with Gasteiger partial charge in [-0.2, -0.15) is 8.78 Å². The topological polar surface area (TPSA) is 54.4 Å². The molecule has 0 radical (unpaired) electrons. The third-order valence-corrected chi connectivity index (χ3v) is 4.24. The van der Waals surface area contributed by atoms with Crippen LogP contribution in [0.1, 0.15) is 17.2 Å². The van der Waals surface area contributed by atoms with Gasteiger partial charge in [0, 0.05) is 12.0 Å². The third-order valence-electron chi connectivity index (χ3n) is 2.80. The van der Waals surface area contributed by atoms with E-state index in [9.17, 15) is 31.1 Å². The molecule has 1 N–H and O–H groups in total. The lowest BCUT2D eigenvalue weighted by Gasteiger charge is -2.15. The predicted molar refractivity (Wildman–Crippen MR) is 53.2 cm³/mol. The summed E-state index contributed by atoms with van der Waals surface area (Å²) >= 11 is 0. The van der Waals surface area contributed by atoms with Crippen LogP contribution in [0.25, 0.3) is 0 Å². The highest BCUT2D eigenvalue weighted by atomic mass is 32.2. The fourth-order valence-electron chi connectivity index (χ4n) is 1.96. The SMILES string of the molecule is O=S(=O)(c1cccc2c1C(O)C(F)(F)C2)C(F)F. The molecule has 0 saturated carbocycles. The standard InChI is InChI=1S/C10H8F4O3S/c11-9(12)18(16,17)6-3-1-2-5-4-10(13,14)8(15)7(5)6/h1-3,8-9,15H,4H2. The molecule has 0 aliphatic heterocycles. The van der Waals surface area contributed by atoms with E-state index in [2.05, 4.69) is 0 Å². The van der Waals surface area contributed by atoms with E-state index in [0.717, 1.165) is 12.1 Å². The number of rotatable bonds is 2. The maximum Gasteiger partial charge on any atom is 0.341 e. The van der Waals surface area contributed by atoms with E-state index in [1.54, 1.807) is 0 Å². The van der Waals surface area contributed by atoms with Gasteiger partial charge in [-0.05, 0) is 11.6 Å². The van der Waals surface area contributed by atoms with Crippen LogP contribution in [0.3, 0.4) is 0 Å². The number of hydrogen-bond donors (Lipinski definition) is 1. The van der Waals surface area contributed by atoms with Gasteiger partial charge in [-0.1, -0.05) is 12.1 Å². The average molecular weight is 284 g/mol. The summed E-state index contributed by atoms with van der Waals surface area (Å²) in [4.78, 5) is -0.931. The fraction of sp³-hybridized carbons (Fsp3) is 0.400. The monoisotopic (exact) mass is 284 g/mol. The highest BCUT2D eigenvalue weighted by Crippen LogP contribution is 2.46. The molecule has 2 rings (SSSR count). The first kappa shape index (κ1) is 13.3. The van der Waals surface area contributed by atoms with Crippen molar-refractivity contribution in [3.63, 3.8) is 0 Å². The third kappa shape index (κ3) is 1.79. The molecule has 0 saturated heterocycles. The Morgan fingerprint density at radius 1 is 1.33 bits per heavy atom. The summed E-state index contributed by atoms with van der Waals surface area (Å²) in [5, 5.41) is 9.38. The van der Waals surface area contributed by atoms with Crippen LogP contribution in [0.5, 0.6) is 0 Å². The lowest BCUT2D eigenvalue weighted by atomic mass is 10.1. The second-order valence-electron chi connectivity index (χ2n) is 3.97. The zero-order valence-corrected chi connectivity index (χ0v) is 9.59. The summed E-state index contributed by atoms with van der Waals surface area (Å²) in [5.74, 6) is -7.26. The Kier molecular flexibility index (Phi) is 2.90. The van der Waals surface area contributed by atoms with Crippen LogP contribution in [0.15, 0.2) is 23.1 Å². The Bertz CT molecular complexity index is 583. The molecule has 18 heavy (non-hydrogen) atoms. The Hall–Kier alpha value is -1.15. The Labute approximate surface area is 100.0 Å². The van der Waals surface area contributed by atoms with Gasteiger partial charge in [-0.25, -0.2) is 17.2 Å². The molecule has 1 aliphatic rings. The van der Waals surface area contributed by atoms with Crippen molar-refractivity contribution in [2.24, 2.45) is 0 Å². The van der Waals surface area contributed by atoms with Crippen LogP contribution in [0.2, 0.25) is 0 Å². The largest absolute Gasteiger partial charge is 0.382 e. The minimum absolute atomic E-state index is 0.130. The summed E-state index contributed by atoms with van der Waals surface area (Å²) in [7, 11) is -5.01. The number of fused-ring (bicyclic) bond motifs is 1. The molecule has 1 atom stereocenters. The van der Waals surface area contributed by atoms with Crippen LogP contribution in [-0.4, -0.2) is 25.2 Å². The van der Waals surface area contributed by atoms with E-state index >= 15 is 0 Å². The molecule has 1 unspecified atom stereocenters. The van der Waals surface area contributed by atoms with Crippen molar-refractivity contribution in [1.82, 2.24) is 0 Å². The smallest absolute Gasteiger partial charge is 0.341 e. The summed E-state index contributed by atoms with van der Waals surface area (Å²) in [6.45, 7) is 0. The van der Waals surface area contributed by atoms with E-state index in [4.69, 9.17) is 0 Å². The van der Waals surface area contributed by atoms with Crippen LogP contribution in [-0.2, 0) is 16.3 Å². The van der Waals surface area contributed by atoms with Gasteiger partial charge in [0.05, 0.1) is 4.90 Å². The number of sulfone groups is 1. The van der Waals surface area contributed by atoms with Crippen molar-refractivity contribution in [3.05, 3.63) is 29.3 Å². The maximum atomic E-state index is 13.3. The lowest BCUT2D eigenvalue weighted by molar-refractivity contribution is -0.0976. The maximum absolute atomic E-state index is 13.3. The van der Waals surface area contributed by atoms with E-state index in [1.807, 2.05) is 0 Å². The summed E-state index contributed by atoms with van der Waals surface area (Å²) in [6.07, 6.45) is -3.24. The van der Waals surface area contributed by atoms with Gasteiger partial charge in [-0.15, -0.1) is 0 Å². The number of alkyl halides is 4. The lowest BCUT2D eigenvalue weighted by Crippen LogP contribution is -2.23. The first-order valence-corrected chi connectivity index (χ1v) is 6.42. The van der Waals surface area contributed by atoms with E-state index in [1.165, 1.54) is 6.07 Å². The Morgan fingerprint density at radius 2 is 1.94 bits per heavy atom. The second kappa shape index (κ2) is 3.92. The number of benzene rings is 1. The van der Waals surface area contributed by atoms with Gasteiger partial charge < -0.3 is 5.11 Å². The van der Waals surface area contributed by atoms with Crippen molar-refractivity contribution in [3.8, 4) is 0 Å². The molecule has 0 fully saturated rings. The van der Waals surface area contributed by atoms with Crippen molar-refractivity contribution >= 4 is 9.84 Å². The highest BCUT2D eigenvalue weighted by molar-refractivity contribution is 7.91. The molecule has 1 aliphatic carbocycles. The van der Waals surface area contributed by atoms with Crippen LogP contribution in [0, 0.1) is 0 Å². The molecule has 8 heteroatoms. The number of hydrogen-bond acceptors (Lipinski definition) is 3. The number of aliphatic hydroxyl groups is 1. The van der Waals surface area contributed by atoms with Crippen molar-refractivity contribution in [2.75, 3.05) is 0 Å². The van der Waals surface area contributed by atoms with Gasteiger partial charge in [0.1, 0.15) is 6.10 Å². The highest BCUT2D eigenvalue weighted by Gasteiger charge is 2.49. The number of halogens is 4. The minimum atomic E-state index is -5.01. The molecule has 0 heterocycles. The average Bonchev–Trinajstić information content (AvgIpc) is 2.49. The Morgan fingerprint density at radius 3 is 2.50 bits per heavy atom. The van der Waals surface area contributed by atoms with Crippen LogP contribution in [0.4, 0.5) is 17.6 Å². The van der Waals surface area contributed by atoms with Gasteiger partial charge in [0.15, 0.2) is 0 Å². The molecular weight excluding hydrogens is 276 g/mol. The second-order valence-corrected chi connectivity index (χ2v) is 5.86. The van der Waals surface area contributed by atoms with Crippen molar-refractivity contribution in [1.29, 1.82) is 0 Å². The van der Waals surface area contributed by atoms with Gasteiger partial charge in [-0.3, -0.25) is 0 Å². The quantitative estimate of drug-likeness (QED) is 0.844.